The highest BCUT2D eigenvalue weighted by Crippen LogP contribution is 2.27. The summed E-state index contributed by atoms with van der Waals surface area (Å²) < 4.78 is 52.5. The molecule has 0 atom stereocenters. The summed E-state index contributed by atoms with van der Waals surface area (Å²) in [7, 11) is 0. The fraction of sp³-hybridized carbons (Fsp3) is 0.267. The Balaban J connectivity index is 1.77. The molecular weight excluding hydrogens is 360 g/mol. The predicted molar refractivity (Wildman–Crippen MR) is 85.1 cm³/mol. The standard InChI is InChI=1S/C15H12F4N4OS/c1-7-2-3-8-11(4-7)25-15(20-8)21-12(24)6-23-10(14(18)19)5-9(22-23)13(16)17/h2-5,13-14H,6H2,1H3,(H,20,21,24). The van der Waals surface area contributed by atoms with Gasteiger partial charge in [-0.05, 0) is 30.7 Å². The summed E-state index contributed by atoms with van der Waals surface area (Å²) in [5.41, 5.74) is 0.203. The predicted octanol–water partition coefficient (Wildman–Crippen LogP) is 4.32. The van der Waals surface area contributed by atoms with E-state index in [1.807, 2.05) is 19.1 Å². The number of carbonyl (C=O) groups excluding carboxylic acids is 1. The molecule has 2 heterocycles. The van der Waals surface area contributed by atoms with Crippen LogP contribution in [0.3, 0.4) is 0 Å². The van der Waals surface area contributed by atoms with Crippen LogP contribution in [0.5, 0.6) is 0 Å². The number of thiazole rings is 1. The topological polar surface area (TPSA) is 59.8 Å². The molecule has 10 heteroatoms. The molecule has 3 aromatic rings. The molecule has 2 aromatic heterocycles. The molecule has 0 bridgehead atoms. The van der Waals surface area contributed by atoms with Crippen molar-refractivity contribution in [3.05, 3.63) is 41.2 Å². The van der Waals surface area contributed by atoms with Crippen LogP contribution >= 0.6 is 11.3 Å². The molecule has 0 spiro atoms. The molecule has 5 nitrogen and oxygen atoms in total. The summed E-state index contributed by atoms with van der Waals surface area (Å²) in [6, 6.07) is 6.18. The normalized spacial score (nSPS) is 11.6. The van der Waals surface area contributed by atoms with Gasteiger partial charge in [-0.1, -0.05) is 17.4 Å². The van der Waals surface area contributed by atoms with Gasteiger partial charge in [0.05, 0.1) is 10.2 Å². The fourth-order valence-corrected chi connectivity index (χ4v) is 3.22. The lowest BCUT2D eigenvalue weighted by Gasteiger charge is -2.06. The number of anilines is 1. The lowest BCUT2D eigenvalue weighted by Crippen LogP contribution is -2.21. The first-order valence-electron chi connectivity index (χ1n) is 7.14. The molecule has 1 amide bonds. The molecule has 0 unspecified atom stereocenters. The first-order valence-corrected chi connectivity index (χ1v) is 7.96. The van der Waals surface area contributed by atoms with Crippen molar-refractivity contribution in [1.82, 2.24) is 14.8 Å². The molecule has 1 aromatic carbocycles. The van der Waals surface area contributed by atoms with Crippen LogP contribution in [0.2, 0.25) is 0 Å². The third kappa shape index (κ3) is 3.78. The average Bonchev–Trinajstić information content (AvgIpc) is 3.10. The number of hydrogen-bond acceptors (Lipinski definition) is 4. The lowest BCUT2D eigenvalue weighted by atomic mass is 10.2. The summed E-state index contributed by atoms with van der Waals surface area (Å²) in [6.45, 7) is 1.31. The molecule has 3 rings (SSSR count). The van der Waals surface area contributed by atoms with Gasteiger partial charge < -0.3 is 5.32 Å². The van der Waals surface area contributed by atoms with Crippen LogP contribution in [0, 0.1) is 6.92 Å². The van der Waals surface area contributed by atoms with Crippen LogP contribution in [0.25, 0.3) is 10.2 Å². The number of rotatable bonds is 5. The first kappa shape index (κ1) is 17.3. The molecule has 0 aliphatic carbocycles. The van der Waals surface area contributed by atoms with Gasteiger partial charge in [0.25, 0.3) is 12.9 Å². The number of benzene rings is 1. The molecule has 0 saturated carbocycles. The van der Waals surface area contributed by atoms with Gasteiger partial charge in [-0.25, -0.2) is 22.5 Å². The molecule has 132 valence electrons. The number of nitrogens with zero attached hydrogens (tertiary/aromatic N) is 3. The van der Waals surface area contributed by atoms with Gasteiger partial charge in [-0.3, -0.25) is 9.48 Å². The van der Waals surface area contributed by atoms with Gasteiger partial charge in [0, 0.05) is 0 Å². The van der Waals surface area contributed by atoms with E-state index in [1.165, 1.54) is 11.3 Å². The molecule has 0 saturated heterocycles. The van der Waals surface area contributed by atoms with Gasteiger partial charge >= 0.3 is 0 Å². The van der Waals surface area contributed by atoms with Crippen LogP contribution in [0.15, 0.2) is 24.3 Å². The van der Waals surface area contributed by atoms with Gasteiger partial charge in [0.1, 0.15) is 17.9 Å². The third-order valence-corrected chi connectivity index (χ3v) is 4.29. The van der Waals surface area contributed by atoms with Crippen LogP contribution in [-0.2, 0) is 11.3 Å². The zero-order valence-electron chi connectivity index (χ0n) is 12.8. The summed E-state index contributed by atoms with van der Waals surface area (Å²) >= 11 is 1.23. The van der Waals surface area contributed by atoms with E-state index in [2.05, 4.69) is 15.4 Å². The molecule has 0 fully saturated rings. The number of alkyl halides is 4. The minimum absolute atomic E-state index is 0.297. The average molecular weight is 372 g/mol. The van der Waals surface area contributed by atoms with E-state index in [1.54, 1.807) is 6.07 Å². The first-order chi connectivity index (χ1) is 11.8. The third-order valence-electron chi connectivity index (χ3n) is 3.36. The molecule has 25 heavy (non-hydrogen) atoms. The van der Waals surface area contributed by atoms with E-state index < -0.39 is 36.7 Å². The largest absolute Gasteiger partial charge is 0.300 e. The number of halogens is 4. The monoisotopic (exact) mass is 372 g/mol. The highest BCUT2D eigenvalue weighted by Gasteiger charge is 2.22. The Hall–Kier alpha value is -2.49. The Labute approximate surface area is 143 Å². The molecular formula is C15H12F4N4OS. The van der Waals surface area contributed by atoms with E-state index in [9.17, 15) is 22.4 Å². The van der Waals surface area contributed by atoms with Crippen LogP contribution in [-0.4, -0.2) is 20.7 Å². The van der Waals surface area contributed by atoms with Crippen molar-refractivity contribution >= 4 is 32.6 Å². The lowest BCUT2D eigenvalue weighted by molar-refractivity contribution is -0.117. The maximum atomic E-state index is 12.9. The van der Waals surface area contributed by atoms with Crippen LogP contribution < -0.4 is 5.32 Å². The minimum atomic E-state index is -3.02. The highest BCUT2D eigenvalue weighted by molar-refractivity contribution is 7.22. The Bertz CT molecular complexity index is 922. The maximum absolute atomic E-state index is 12.9. The number of fused-ring (bicyclic) bond motifs is 1. The summed E-state index contributed by atoms with van der Waals surface area (Å²) in [5, 5.41) is 6.15. The Morgan fingerprint density at radius 3 is 2.68 bits per heavy atom. The van der Waals surface area contributed by atoms with Crippen molar-refractivity contribution < 1.29 is 22.4 Å². The zero-order valence-corrected chi connectivity index (χ0v) is 13.7. The van der Waals surface area contributed by atoms with Gasteiger partial charge in [-0.2, -0.15) is 5.10 Å². The SMILES string of the molecule is Cc1ccc2nc(NC(=O)Cn3nc(C(F)F)cc3C(F)F)sc2c1. The molecule has 0 aliphatic heterocycles. The van der Waals surface area contributed by atoms with E-state index in [4.69, 9.17) is 0 Å². The summed E-state index contributed by atoms with van der Waals surface area (Å²) in [5.74, 6) is -0.679. The van der Waals surface area contributed by atoms with Crippen molar-refractivity contribution in [2.75, 3.05) is 5.32 Å². The van der Waals surface area contributed by atoms with Gasteiger partial charge in [-0.15, -0.1) is 0 Å². The molecule has 0 aliphatic rings. The summed E-state index contributed by atoms with van der Waals surface area (Å²) in [6.07, 6.45) is -6.01. The minimum Gasteiger partial charge on any atom is -0.300 e. The van der Waals surface area contributed by atoms with Crippen molar-refractivity contribution in [1.29, 1.82) is 0 Å². The number of hydrogen-bond donors (Lipinski definition) is 1. The second-order valence-corrected chi connectivity index (χ2v) is 6.32. The van der Waals surface area contributed by atoms with Crippen LogP contribution in [0.1, 0.15) is 29.8 Å². The number of amides is 1. The summed E-state index contributed by atoms with van der Waals surface area (Å²) in [4.78, 5) is 16.3. The second kappa shape index (κ2) is 6.79. The smallest absolute Gasteiger partial charge is 0.282 e. The Kier molecular flexibility index (Phi) is 4.71. The van der Waals surface area contributed by atoms with Crippen molar-refractivity contribution in [3.8, 4) is 0 Å². The fourth-order valence-electron chi connectivity index (χ4n) is 2.24. The maximum Gasteiger partial charge on any atom is 0.282 e. The Morgan fingerprint density at radius 1 is 1.24 bits per heavy atom. The van der Waals surface area contributed by atoms with E-state index in [0.29, 0.717) is 21.4 Å². The number of carbonyl (C=O) groups is 1. The molecule has 0 radical (unpaired) electrons. The second-order valence-electron chi connectivity index (χ2n) is 5.29. The zero-order chi connectivity index (χ0) is 18.1. The molecule has 1 N–H and O–H groups in total. The number of aryl methyl sites for hydroxylation is 1. The van der Waals surface area contributed by atoms with Crippen molar-refractivity contribution in [2.24, 2.45) is 0 Å². The van der Waals surface area contributed by atoms with E-state index >= 15 is 0 Å². The number of aromatic nitrogens is 3. The van der Waals surface area contributed by atoms with Crippen LogP contribution in [0.4, 0.5) is 22.7 Å². The Morgan fingerprint density at radius 2 is 2.00 bits per heavy atom. The van der Waals surface area contributed by atoms with E-state index in [-0.39, 0.29) is 0 Å². The highest BCUT2D eigenvalue weighted by atomic mass is 32.1. The van der Waals surface area contributed by atoms with E-state index in [0.717, 1.165) is 10.3 Å². The van der Waals surface area contributed by atoms with Crippen molar-refractivity contribution in [3.63, 3.8) is 0 Å². The quantitative estimate of drug-likeness (QED) is 0.679. The number of nitrogens with one attached hydrogen (secondary N) is 1. The van der Waals surface area contributed by atoms with Gasteiger partial charge in [0.15, 0.2) is 5.13 Å². The van der Waals surface area contributed by atoms with Crippen molar-refractivity contribution in [2.45, 2.75) is 26.3 Å². The van der Waals surface area contributed by atoms with Gasteiger partial charge in [0.2, 0.25) is 5.91 Å².